The number of ether oxygens (including phenoxy) is 2. The van der Waals surface area contributed by atoms with Gasteiger partial charge in [-0.3, -0.25) is 0 Å². The van der Waals surface area contributed by atoms with Gasteiger partial charge in [0.1, 0.15) is 0 Å². The minimum atomic E-state index is 0.714. The molecule has 0 aliphatic rings. The van der Waals surface area contributed by atoms with Crippen LogP contribution in [0, 0.1) is 5.92 Å². The lowest BCUT2D eigenvalue weighted by molar-refractivity contribution is 0.278. The first-order valence-corrected chi connectivity index (χ1v) is 8.07. The van der Waals surface area contributed by atoms with Crippen LogP contribution in [-0.4, -0.2) is 20.3 Å². The van der Waals surface area contributed by atoms with E-state index in [0.29, 0.717) is 5.92 Å². The molecule has 0 saturated carbocycles. The third-order valence-electron chi connectivity index (χ3n) is 3.04. The van der Waals surface area contributed by atoms with Crippen molar-refractivity contribution in [1.29, 1.82) is 0 Å². The second kappa shape index (κ2) is 9.24. The van der Waals surface area contributed by atoms with Gasteiger partial charge in [-0.05, 0) is 58.9 Å². The molecular formula is C16H26BrNO2. The molecule has 0 aliphatic carbocycles. The molecule has 0 heterocycles. The van der Waals surface area contributed by atoms with Crippen LogP contribution in [0.15, 0.2) is 16.6 Å². The van der Waals surface area contributed by atoms with Gasteiger partial charge < -0.3 is 14.8 Å². The van der Waals surface area contributed by atoms with Crippen molar-refractivity contribution in [2.75, 3.05) is 20.3 Å². The van der Waals surface area contributed by atoms with E-state index in [2.05, 4.69) is 48.1 Å². The summed E-state index contributed by atoms with van der Waals surface area (Å²) in [7, 11) is 1.68. The highest BCUT2D eigenvalue weighted by molar-refractivity contribution is 9.10. The summed E-state index contributed by atoms with van der Waals surface area (Å²) in [5.41, 5.74) is 1.19. The molecule has 114 valence electrons. The van der Waals surface area contributed by atoms with Crippen molar-refractivity contribution in [3.8, 4) is 11.5 Å². The normalized spacial score (nSPS) is 10.9. The molecule has 0 atom stereocenters. The minimum Gasteiger partial charge on any atom is -0.493 e. The van der Waals surface area contributed by atoms with Gasteiger partial charge in [0.15, 0.2) is 11.5 Å². The molecule has 0 amide bonds. The molecule has 0 aromatic heterocycles. The Morgan fingerprint density at radius 3 is 2.65 bits per heavy atom. The topological polar surface area (TPSA) is 30.5 Å². The van der Waals surface area contributed by atoms with E-state index < -0.39 is 0 Å². The van der Waals surface area contributed by atoms with Crippen LogP contribution in [0.5, 0.6) is 11.5 Å². The van der Waals surface area contributed by atoms with E-state index in [1.54, 1.807) is 7.11 Å². The second-order valence-corrected chi connectivity index (χ2v) is 6.13. The Morgan fingerprint density at radius 2 is 2.05 bits per heavy atom. The van der Waals surface area contributed by atoms with Crippen LogP contribution >= 0.6 is 15.9 Å². The maximum atomic E-state index is 5.88. The first-order valence-electron chi connectivity index (χ1n) is 7.28. The summed E-state index contributed by atoms with van der Waals surface area (Å²) >= 11 is 3.58. The smallest absolute Gasteiger partial charge is 0.175 e. The van der Waals surface area contributed by atoms with E-state index in [1.165, 1.54) is 12.0 Å². The van der Waals surface area contributed by atoms with Gasteiger partial charge in [-0.1, -0.05) is 20.8 Å². The molecule has 0 bridgehead atoms. The van der Waals surface area contributed by atoms with Gasteiger partial charge in [-0.25, -0.2) is 0 Å². The van der Waals surface area contributed by atoms with Crippen LogP contribution in [0.4, 0.5) is 0 Å². The molecule has 3 nitrogen and oxygen atoms in total. The molecule has 4 heteroatoms. The molecule has 20 heavy (non-hydrogen) atoms. The van der Waals surface area contributed by atoms with E-state index >= 15 is 0 Å². The summed E-state index contributed by atoms with van der Waals surface area (Å²) in [6.07, 6.45) is 2.24. The number of hydrogen-bond donors (Lipinski definition) is 1. The second-order valence-electron chi connectivity index (χ2n) is 5.27. The fraction of sp³-hybridized carbons (Fsp3) is 0.625. The van der Waals surface area contributed by atoms with Gasteiger partial charge in [0.2, 0.25) is 0 Å². The van der Waals surface area contributed by atoms with Crippen molar-refractivity contribution in [1.82, 2.24) is 5.32 Å². The predicted octanol–water partition coefficient (Wildman–Crippen LogP) is 4.38. The van der Waals surface area contributed by atoms with Crippen LogP contribution in [0.2, 0.25) is 0 Å². The lowest BCUT2D eigenvalue weighted by atomic mass is 10.1. The molecule has 0 spiro atoms. The molecule has 1 N–H and O–H groups in total. The number of methoxy groups -OCH3 is 1. The maximum Gasteiger partial charge on any atom is 0.175 e. The Bertz CT molecular complexity index is 408. The van der Waals surface area contributed by atoms with Crippen molar-refractivity contribution in [2.45, 2.75) is 40.2 Å². The lowest BCUT2D eigenvalue weighted by Gasteiger charge is -2.15. The van der Waals surface area contributed by atoms with Gasteiger partial charge in [0, 0.05) is 6.54 Å². The third kappa shape index (κ3) is 5.71. The first kappa shape index (κ1) is 17.3. The summed E-state index contributed by atoms with van der Waals surface area (Å²) in [5.74, 6) is 2.31. The summed E-state index contributed by atoms with van der Waals surface area (Å²) < 4.78 is 12.3. The predicted molar refractivity (Wildman–Crippen MR) is 87.6 cm³/mol. The summed E-state index contributed by atoms with van der Waals surface area (Å²) in [6, 6.07) is 4.12. The monoisotopic (exact) mass is 343 g/mol. The van der Waals surface area contributed by atoms with Crippen LogP contribution in [0.25, 0.3) is 0 Å². The SMILES string of the molecule is CCNCc1cc(Br)c(OCCCC(C)C)c(OC)c1. The lowest BCUT2D eigenvalue weighted by Crippen LogP contribution is -2.12. The van der Waals surface area contributed by atoms with Crippen LogP contribution in [-0.2, 0) is 6.54 Å². The number of hydrogen-bond acceptors (Lipinski definition) is 3. The van der Waals surface area contributed by atoms with E-state index in [9.17, 15) is 0 Å². The van der Waals surface area contributed by atoms with Crippen molar-refractivity contribution in [3.63, 3.8) is 0 Å². The van der Waals surface area contributed by atoms with Crippen molar-refractivity contribution >= 4 is 15.9 Å². The van der Waals surface area contributed by atoms with E-state index in [0.717, 1.165) is 42.1 Å². The minimum absolute atomic E-state index is 0.714. The maximum absolute atomic E-state index is 5.88. The van der Waals surface area contributed by atoms with Crippen molar-refractivity contribution in [2.24, 2.45) is 5.92 Å². The number of halogens is 1. The average Bonchev–Trinajstić information content (AvgIpc) is 2.42. The Balaban J connectivity index is 2.69. The fourth-order valence-electron chi connectivity index (χ4n) is 1.95. The molecule has 1 aromatic rings. The Morgan fingerprint density at radius 1 is 1.30 bits per heavy atom. The molecule has 0 radical (unpaired) electrons. The van der Waals surface area contributed by atoms with Gasteiger partial charge in [-0.2, -0.15) is 0 Å². The number of benzene rings is 1. The highest BCUT2D eigenvalue weighted by Gasteiger charge is 2.11. The van der Waals surface area contributed by atoms with Gasteiger partial charge in [0.25, 0.3) is 0 Å². The van der Waals surface area contributed by atoms with Gasteiger partial charge in [0.05, 0.1) is 18.2 Å². The van der Waals surface area contributed by atoms with Crippen LogP contribution in [0.1, 0.15) is 39.2 Å². The Labute approximate surface area is 131 Å². The highest BCUT2D eigenvalue weighted by atomic mass is 79.9. The van der Waals surface area contributed by atoms with E-state index in [1.807, 2.05) is 6.07 Å². The summed E-state index contributed by atoms with van der Waals surface area (Å²) in [6.45, 7) is 9.06. The Hall–Kier alpha value is -0.740. The molecule has 0 saturated heterocycles. The summed E-state index contributed by atoms with van der Waals surface area (Å²) in [5, 5.41) is 3.31. The van der Waals surface area contributed by atoms with E-state index in [4.69, 9.17) is 9.47 Å². The van der Waals surface area contributed by atoms with Crippen molar-refractivity contribution in [3.05, 3.63) is 22.2 Å². The third-order valence-corrected chi connectivity index (χ3v) is 3.63. The zero-order chi connectivity index (χ0) is 15.0. The van der Waals surface area contributed by atoms with Gasteiger partial charge >= 0.3 is 0 Å². The number of rotatable bonds is 9. The number of nitrogens with one attached hydrogen (secondary N) is 1. The molecule has 1 rings (SSSR count). The molecule has 1 aromatic carbocycles. The molecule has 0 unspecified atom stereocenters. The quantitative estimate of drug-likeness (QED) is 0.674. The van der Waals surface area contributed by atoms with Crippen LogP contribution < -0.4 is 14.8 Å². The zero-order valence-electron chi connectivity index (χ0n) is 13.0. The standard InChI is InChI=1S/C16H26BrNO2/c1-5-18-11-13-9-14(17)16(15(10-13)19-4)20-8-6-7-12(2)3/h9-10,12,18H,5-8,11H2,1-4H3. The first-order chi connectivity index (χ1) is 9.58. The molecule has 0 fully saturated rings. The molecular weight excluding hydrogens is 318 g/mol. The summed E-state index contributed by atoms with van der Waals surface area (Å²) in [4.78, 5) is 0. The fourth-order valence-corrected chi connectivity index (χ4v) is 2.55. The van der Waals surface area contributed by atoms with Crippen molar-refractivity contribution < 1.29 is 9.47 Å². The Kier molecular flexibility index (Phi) is 8.00. The van der Waals surface area contributed by atoms with Gasteiger partial charge in [-0.15, -0.1) is 0 Å². The highest BCUT2D eigenvalue weighted by Crippen LogP contribution is 2.36. The average molecular weight is 344 g/mol. The molecule has 0 aliphatic heterocycles. The zero-order valence-corrected chi connectivity index (χ0v) is 14.5. The van der Waals surface area contributed by atoms with E-state index in [-0.39, 0.29) is 0 Å². The van der Waals surface area contributed by atoms with Crippen LogP contribution in [0.3, 0.4) is 0 Å². The largest absolute Gasteiger partial charge is 0.493 e.